The number of hydrogen-bond acceptors (Lipinski definition) is 4. The predicted molar refractivity (Wildman–Crippen MR) is 97.6 cm³/mol. The van der Waals surface area contributed by atoms with Crippen molar-refractivity contribution in [2.75, 3.05) is 13.1 Å². The first-order chi connectivity index (χ1) is 13.8. The Balaban J connectivity index is 1.67. The number of aryl methyl sites for hydroxylation is 1. The molecule has 4 heterocycles. The van der Waals surface area contributed by atoms with E-state index in [1.54, 1.807) is 4.90 Å². The third-order valence-electron chi connectivity index (χ3n) is 5.40. The normalized spacial score (nSPS) is 19.4. The molecule has 2 aliphatic rings. The van der Waals surface area contributed by atoms with Crippen molar-refractivity contribution >= 4 is 17.5 Å². The van der Waals surface area contributed by atoms with Gasteiger partial charge < -0.3 is 4.90 Å². The van der Waals surface area contributed by atoms with Crippen LogP contribution >= 0.6 is 11.6 Å². The summed E-state index contributed by atoms with van der Waals surface area (Å²) in [7, 11) is 0. The first-order valence-corrected chi connectivity index (χ1v) is 9.82. The van der Waals surface area contributed by atoms with Gasteiger partial charge in [-0.1, -0.05) is 11.6 Å². The third kappa shape index (κ3) is 3.65. The fourth-order valence-corrected chi connectivity index (χ4v) is 4.25. The Labute approximate surface area is 169 Å². The molecule has 29 heavy (non-hydrogen) atoms. The number of amides is 1. The van der Waals surface area contributed by atoms with Crippen LogP contribution in [-0.2, 0) is 23.9 Å². The van der Waals surface area contributed by atoms with E-state index >= 15 is 0 Å². The average Bonchev–Trinajstić information content (AvgIpc) is 3.31. The highest BCUT2D eigenvalue weighted by atomic mass is 35.5. The van der Waals surface area contributed by atoms with Crippen LogP contribution in [0.4, 0.5) is 13.2 Å². The van der Waals surface area contributed by atoms with Crippen LogP contribution in [0.25, 0.3) is 0 Å². The number of alkyl halides is 3. The maximum absolute atomic E-state index is 13.1. The summed E-state index contributed by atoms with van der Waals surface area (Å²) in [6.07, 6.45) is 0.0408. The van der Waals surface area contributed by atoms with Gasteiger partial charge >= 0.3 is 11.9 Å². The highest BCUT2D eigenvalue weighted by Gasteiger charge is 2.36. The number of rotatable bonds is 3. The SMILES string of the molecule is O=C([C@@H]1CCCc2nn(Cc3nccc(C(F)(F)F)c3Cl)c(=O)n21)N1CCCC1. The summed E-state index contributed by atoms with van der Waals surface area (Å²) < 4.78 is 41.7. The lowest BCUT2D eigenvalue weighted by Crippen LogP contribution is -2.41. The van der Waals surface area contributed by atoms with E-state index in [1.165, 1.54) is 4.57 Å². The van der Waals surface area contributed by atoms with Crippen LogP contribution in [0.5, 0.6) is 0 Å². The molecule has 0 aliphatic carbocycles. The zero-order valence-corrected chi connectivity index (χ0v) is 16.2. The zero-order chi connectivity index (χ0) is 20.8. The maximum Gasteiger partial charge on any atom is 0.417 e. The molecule has 0 N–H and O–H groups in total. The molecular weight excluding hydrogens is 411 g/mol. The smallest absolute Gasteiger partial charge is 0.341 e. The van der Waals surface area contributed by atoms with Crippen LogP contribution in [0.3, 0.4) is 0 Å². The van der Waals surface area contributed by atoms with Crippen LogP contribution in [-0.4, -0.2) is 43.2 Å². The molecule has 1 atom stereocenters. The van der Waals surface area contributed by atoms with Crippen molar-refractivity contribution in [2.45, 2.75) is 50.9 Å². The third-order valence-corrected chi connectivity index (χ3v) is 5.82. The predicted octanol–water partition coefficient (Wildman–Crippen LogP) is 2.66. The monoisotopic (exact) mass is 429 g/mol. The molecule has 1 saturated heterocycles. The number of aromatic nitrogens is 4. The fraction of sp³-hybridized carbons (Fsp3) is 0.556. The largest absolute Gasteiger partial charge is 0.417 e. The molecule has 0 bridgehead atoms. The lowest BCUT2D eigenvalue weighted by molar-refractivity contribution is -0.137. The highest BCUT2D eigenvalue weighted by Crippen LogP contribution is 2.35. The molecule has 0 spiro atoms. The molecule has 1 fully saturated rings. The Kier molecular flexibility index (Phi) is 5.14. The van der Waals surface area contributed by atoms with Crippen LogP contribution in [0.2, 0.25) is 5.02 Å². The number of hydrogen-bond donors (Lipinski definition) is 0. The van der Waals surface area contributed by atoms with Gasteiger partial charge in [-0.25, -0.2) is 9.48 Å². The molecule has 2 aliphatic heterocycles. The second kappa shape index (κ2) is 7.47. The van der Waals surface area contributed by atoms with Crippen molar-refractivity contribution in [3.63, 3.8) is 0 Å². The van der Waals surface area contributed by atoms with E-state index in [0.29, 0.717) is 38.2 Å². The minimum atomic E-state index is -4.62. The Morgan fingerprint density at radius 1 is 1.24 bits per heavy atom. The Hall–Kier alpha value is -2.36. The van der Waals surface area contributed by atoms with Crippen molar-refractivity contribution in [3.8, 4) is 0 Å². The topological polar surface area (TPSA) is 73.0 Å². The van der Waals surface area contributed by atoms with Gasteiger partial charge in [0.15, 0.2) is 0 Å². The van der Waals surface area contributed by atoms with Gasteiger partial charge in [0.1, 0.15) is 11.9 Å². The highest BCUT2D eigenvalue weighted by molar-refractivity contribution is 6.32. The summed E-state index contributed by atoms with van der Waals surface area (Å²) >= 11 is 5.89. The number of halogens is 4. The molecule has 0 unspecified atom stereocenters. The average molecular weight is 430 g/mol. The molecular formula is C18H19ClF3N5O2. The Morgan fingerprint density at radius 2 is 1.97 bits per heavy atom. The quantitative estimate of drug-likeness (QED) is 0.752. The molecule has 4 rings (SSSR count). The molecule has 0 aromatic carbocycles. The summed E-state index contributed by atoms with van der Waals surface area (Å²) in [5.41, 5.74) is -1.64. The number of fused-ring (bicyclic) bond motifs is 1. The fourth-order valence-electron chi connectivity index (χ4n) is 3.97. The van der Waals surface area contributed by atoms with E-state index in [4.69, 9.17) is 11.6 Å². The van der Waals surface area contributed by atoms with Gasteiger partial charge in [-0.2, -0.15) is 18.3 Å². The number of carbonyl (C=O) groups is 1. The molecule has 2 aromatic heterocycles. The standard InChI is InChI=1S/C18H19ClF3N5O2/c19-15-11(18(20,21)22)6-7-23-12(15)10-26-17(29)27-13(4-3-5-14(27)24-26)16(28)25-8-1-2-9-25/h6-7,13H,1-5,8-10H2/t13-/m0/s1. The number of pyridine rings is 1. The molecule has 0 saturated carbocycles. The zero-order valence-electron chi connectivity index (χ0n) is 15.5. The van der Waals surface area contributed by atoms with Crippen LogP contribution in [0.1, 0.15) is 48.8 Å². The molecule has 156 valence electrons. The maximum atomic E-state index is 13.1. The minimum absolute atomic E-state index is 0.0959. The van der Waals surface area contributed by atoms with E-state index in [0.717, 1.165) is 29.8 Å². The van der Waals surface area contributed by atoms with E-state index < -0.39 is 28.5 Å². The van der Waals surface area contributed by atoms with Crippen molar-refractivity contribution in [3.05, 3.63) is 44.9 Å². The van der Waals surface area contributed by atoms with E-state index in [-0.39, 0.29) is 18.1 Å². The summed E-state index contributed by atoms with van der Waals surface area (Å²) in [6, 6.07) is 0.167. The minimum Gasteiger partial charge on any atom is -0.341 e. The van der Waals surface area contributed by atoms with Gasteiger partial charge in [0.2, 0.25) is 5.91 Å². The van der Waals surface area contributed by atoms with Crippen LogP contribution < -0.4 is 5.69 Å². The van der Waals surface area contributed by atoms with E-state index in [9.17, 15) is 22.8 Å². The van der Waals surface area contributed by atoms with E-state index in [2.05, 4.69) is 10.1 Å². The van der Waals surface area contributed by atoms with Crippen molar-refractivity contribution in [2.24, 2.45) is 0 Å². The van der Waals surface area contributed by atoms with Gasteiger partial charge in [0, 0.05) is 25.7 Å². The second-order valence-corrected chi connectivity index (χ2v) is 7.66. The number of nitrogens with zero attached hydrogens (tertiary/aromatic N) is 5. The first kappa shape index (κ1) is 19.9. The van der Waals surface area contributed by atoms with Crippen LogP contribution in [0.15, 0.2) is 17.1 Å². The van der Waals surface area contributed by atoms with Gasteiger partial charge in [-0.15, -0.1) is 0 Å². The second-order valence-electron chi connectivity index (χ2n) is 7.28. The Bertz CT molecular complexity index is 994. The molecule has 7 nitrogen and oxygen atoms in total. The molecule has 11 heteroatoms. The number of carbonyl (C=O) groups excluding carboxylic acids is 1. The van der Waals surface area contributed by atoms with Gasteiger partial charge in [-0.05, 0) is 31.7 Å². The summed E-state index contributed by atoms with van der Waals surface area (Å²) in [5, 5.41) is 3.70. The molecule has 2 aromatic rings. The summed E-state index contributed by atoms with van der Waals surface area (Å²) in [4.78, 5) is 31.5. The lowest BCUT2D eigenvalue weighted by Gasteiger charge is -2.27. The van der Waals surface area contributed by atoms with Crippen molar-refractivity contribution in [1.29, 1.82) is 0 Å². The molecule has 0 radical (unpaired) electrons. The van der Waals surface area contributed by atoms with Gasteiger partial charge in [0.05, 0.1) is 22.8 Å². The molecule has 1 amide bonds. The summed E-state index contributed by atoms with van der Waals surface area (Å²) in [6.45, 7) is 1.06. The Morgan fingerprint density at radius 3 is 2.66 bits per heavy atom. The number of likely N-dealkylation sites (tertiary alicyclic amines) is 1. The summed E-state index contributed by atoms with van der Waals surface area (Å²) in [5.74, 6) is 0.363. The lowest BCUT2D eigenvalue weighted by atomic mass is 10.0. The first-order valence-electron chi connectivity index (χ1n) is 9.45. The van der Waals surface area contributed by atoms with Crippen LogP contribution in [0, 0.1) is 0 Å². The van der Waals surface area contributed by atoms with Gasteiger partial charge in [-0.3, -0.25) is 14.3 Å². The van der Waals surface area contributed by atoms with Crippen molar-refractivity contribution in [1.82, 2.24) is 24.2 Å². The van der Waals surface area contributed by atoms with E-state index in [1.807, 2.05) is 0 Å². The van der Waals surface area contributed by atoms with Crippen molar-refractivity contribution < 1.29 is 18.0 Å². The van der Waals surface area contributed by atoms with Gasteiger partial charge in [0.25, 0.3) is 0 Å².